The van der Waals surface area contributed by atoms with Gasteiger partial charge in [-0.15, -0.1) is 16.4 Å². The molecule has 110 valence electrons. The molecular weight excluding hydrogens is 316 g/mol. The Morgan fingerprint density at radius 2 is 2.05 bits per heavy atom. The van der Waals surface area contributed by atoms with Gasteiger partial charge in [0.05, 0.1) is 5.52 Å². The third-order valence-corrected chi connectivity index (χ3v) is 5.14. The summed E-state index contributed by atoms with van der Waals surface area (Å²) in [5.74, 6) is 0. The molecule has 0 aliphatic carbocycles. The van der Waals surface area contributed by atoms with Crippen LogP contribution in [-0.2, 0) is 6.42 Å². The van der Waals surface area contributed by atoms with Gasteiger partial charge in [-0.25, -0.2) is 4.98 Å². The molecule has 0 unspecified atom stereocenters. The predicted molar refractivity (Wildman–Crippen MR) is 91.6 cm³/mol. The van der Waals surface area contributed by atoms with E-state index in [4.69, 9.17) is 0 Å². The van der Waals surface area contributed by atoms with Crippen LogP contribution in [0.4, 0.5) is 10.8 Å². The van der Waals surface area contributed by atoms with Crippen molar-refractivity contribution in [3.05, 3.63) is 51.6 Å². The maximum absolute atomic E-state index is 12.3. The fraction of sp³-hybridized carbons (Fsp3) is 0.133. The van der Waals surface area contributed by atoms with Gasteiger partial charge in [-0.3, -0.25) is 4.79 Å². The minimum Gasteiger partial charge on any atom is -0.330 e. The van der Waals surface area contributed by atoms with Crippen LogP contribution in [0.3, 0.4) is 0 Å². The van der Waals surface area contributed by atoms with E-state index in [1.165, 1.54) is 32.8 Å². The van der Waals surface area contributed by atoms with E-state index in [1.807, 2.05) is 23.6 Å². The van der Waals surface area contributed by atoms with Gasteiger partial charge >= 0.3 is 0 Å². The number of benzene rings is 1. The summed E-state index contributed by atoms with van der Waals surface area (Å²) in [7, 11) is 0. The zero-order valence-electron chi connectivity index (χ0n) is 11.7. The summed E-state index contributed by atoms with van der Waals surface area (Å²) >= 11 is 2.76. The number of aromatic nitrogens is 3. The average molecular weight is 328 g/mol. The Balaban J connectivity index is 1.75. The number of nitrogens with one attached hydrogen (secondary N) is 1. The van der Waals surface area contributed by atoms with Crippen LogP contribution in [0.1, 0.15) is 12.5 Å². The fourth-order valence-corrected chi connectivity index (χ4v) is 3.81. The number of thiophene rings is 1. The van der Waals surface area contributed by atoms with E-state index in [0.29, 0.717) is 14.8 Å². The third-order valence-electron chi connectivity index (χ3n) is 3.42. The Kier molecular flexibility index (Phi) is 3.16. The van der Waals surface area contributed by atoms with Crippen molar-refractivity contribution in [2.45, 2.75) is 13.3 Å². The SMILES string of the molecule is CCc1ccc(Nc2nn3c(=O)c4sccc4nc3s2)cc1. The molecule has 7 heteroatoms. The van der Waals surface area contributed by atoms with E-state index in [0.717, 1.165) is 17.6 Å². The predicted octanol–water partition coefficient (Wildman–Crippen LogP) is 3.67. The largest absolute Gasteiger partial charge is 0.330 e. The molecule has 0 aliphatic rings. The molecule has 4 aromatic rings. The summed E-state index contributed by atoms with van der Waals surface area (Å²) in [4.78, 5) is 17.4. The van der Waals surface area contributed by atoms with Crippen molar-refractivity contribution in [1.29, 1.82) is 0 Å². The Morgan fingerprint density at radius 3 is 2.82 bits per heavy atom. The van der Waals surface area contributed by atoms with Gasteiger partial charge in [-0.1, -0.05) is 30.4 Å². The van der Waals surface area contributed by atoms with Crippen molar-refractivity contribution in [2.24, 2.45) is 0 Å². The number of hydrogen-bond donors (Lipinski definition) is 1. The molecule has 0 radical (unpaired) electrons. The molecule has 1 aromatic carbocycles. The van der Waals surface area contributed by atoms with Gasteiger partial charge in [0.1, 0.15) is 4.70 Å². The molecular formula is C15H12N4OS2. The van der Waals surface area contributed by atoms with E-state index in [2.05, 4.69) is 34.5 Å². The van der Waals surface area contributed by atoms with Crippen LogP contribution in [0, 0.1) is 0 Å². The third kappa shape index (κ3) is 2.18. The van der Waals surface area contributed by atoms with E-state index >= 15 is 0 Å². The molecule has 0 atom stereocenters. The van der Waals surface area contributed by atoms with E-state index in [1.54, 1.807) is 0 Å². The number of aryl methyl sites for hydroxylation is 1. The second-order valence-corrected chi connectivity index (χ2v) is 6.70. The Hall–Kier alpha value is -2.25. The highest BCUT2D eigenvalue weighted by atomic mass is 32.1. The van der Waals surface area contributed by atoms with Crippen LogP contribution < -0.4 is 10.9 Å². The first-order valence-corrected chi connectivity index (χ1v) is 8.57. The summed E-state index contributed by atoms with van der Waals surface area (Å²) in [6.45, 7) is 2.12. The minimum absolute atomic E-state index is 0.111. The van der Waals surface area contributed by atoms with Gasteiger partial charge in [0.15, 0.2) is 0 Å². The molecule has 0 bridgehead atoms. The van der Waals surface area contributed by atoms with Crippen LogP contribution in [0.5, 0.6) is 0 Å². The lowest BCUT2D eigenvalue weighted by Crippen LogP contribution is -2.13. The van der Waals surface area contributed by atoms with Crippen molar-refractivity contribution in [3.8, 4) is 0 Å². The molecule has 0 saturated heterocycles. The van der Waals surface area contributed by atoms with Crippen LogP contribution in [0.25, 0.3) is 15.2 Å². The lowest BCUT2D eigenvalue weighted by molar-refractivity contribution is 0.922. The van der Waals surface area contributed by atoms with Crippen LogP contribution in [0.15, 0.2) is 40.5 Å². The van der Waals surface area contributed by atoms with Gasteiger partial charge in [-0.2, -0.15) is 4.52 Å². The zero-order valence-corrected chi connectivity index (χ0v) is 13.4. The minimum atomic E-state index is -0.111. The lowest BCUT2D eigenvalue weighted by atomic mass is 10.1. The first kappa shape index (κ1) is 13.4. The lowest BCUT2D eigenvalue weighted by Gasteiger charge is -2.02. The number of rotatable bonds is 3. The number of nitrogens with zero attached hydrogens (tertiary/aromatic N) is 3. The fourth-order valence-electron chi connectivity index (χ4n) is 2.23. The summed E-state index contributed by atoms with van der Waals surface area (Å²) < 4.78 is 2.01. The number of anilines is 2. The smallest absolute Gasteiger partial charge is 0.293 e. The Morgan fingerprint density at radius 1 is 1.23 bits per heavy atom. The Labute approximate surface area is 133 Å². The van der Waals surface area contributed by atoms with Crippen LogP contribution >= 0.6 is 22.7 Å². The van der Waals surface area contributed by atoms with E-state index < -0.39 is 0 Å². The molecule has 0 spiro atoms. The normalized spacial score (nSPS) is 11.3. The monoisotopic (exact) mass is 328 g/mol. The molecule has 5 nitrogen and oxygen atoms in total. The van der Waals surface area contributed by atoms with Crippen molar-refractivity contribution in [3.63, 3.8) is 0 Å². The standard InChI is InChI=1S/C15H12N4OS2/c1-2-9-3-5-10(6-4-9)16-14-18-19-13(20)12-11(7-8-21-12)17-15(19)22-14/h3-8H,2H2,1H3,(H,16,18). The second-order valence-electron chi connectivity index (χ2n) is 4.83. The van der Waals surface area contributed by atoms with Crippen molar-refractivity contribution >= 4 is 48.7 Å². The van der Waals surface area contributed by atoms with Crippen molar-refractivity contribution in [1.82, 2.24) is 14.6 Å². The van der Waals surface area contributed by atoms with E-state index in [-0.39, 0.29) is 5.56 Å². The molecule has 0 fully saturated rings. The van der Waals surface area contributed by atoms with Gasteiger partial charge in [0.2, 0.25) is 10.1 Å². The van der Waals surface area contributed by atoms with Gasteiger partial charge in [0.25, 0.3) is 5.56 Å². The molecule has 0 saturated carbocycles. The summed E-state index contributed by atoms with van der Waals surface area (Å²) in [5.41, 5.74) is 2.86. The summed E-state index contributed by atoms with van der Waals surface area (Å²) in [6, 6.07) is 10.0. The number of fused-ring (bicyclic) bond motifs is 2. The van der Waals surface area contributed by atoms with Crippen molar-refractivity contribution in [2.75, 3.05) is 5.32 Å². The van der Waals surface area contributed by atoms with Gasteiger partial charge < -0.3 is 5.32 Å². The summed E-state index contributed by atoms with van der Waals surface area (Å²) in [5, 5.41) is 10.1. The molecule has 0 aliphatic heterocycles. The summed E-state index contributed by atoms with van der Waals surface area (Å²) in [6.07, 6.45) is 1.01. The van der Waals surface area contributed by atoms with Crippen molar-refractivity contribution < 1.29 is 0 Å². The maximum Gasteiger partial charge on any atom is 0.293 e. The van der Waals surface area contributed by atoms with Crippen LogP contribution in [-0.4, -0.2) is 14.6 Å². The highest BCUT2D eigenvalue weighted by Gasteiger charge is 2.11. The highest BCUT2D eigenvalue weighted by Crippen LogP contribution is 2.24. The highest BCUT2D eigenvalue weighted by molar-refractivity contribution is 7.20. The zero-order chi connectivity index (χ0) is 15.1. The van der Waals surface area contributed by atoms with E-state index in [9.17, 15) is 4.79 Å². The van der Waals surface area contributed by atoms with Gasteiger partial charge in [-0.05, 0) is 35.6 Å². The molecule has 0 amide bonds. The first-order chi connectivity index (χ1) is 10.7. The topological polar surface area (TPSA) is 59.3 Å². The molecule has 3 aromatic heterocycles. The first-order valence-electron chi connectivity index (χ1n) is 6.87. The van der Waals surface area contributed by atoms with Gasteiger partial charge in [0, 0.05) is 5.69 Å². The second kappa shape index (κ2) is 5.19. The molecule has 1 N–H and O–H groups in total. The average Bonchev–Trinajstić information content (AvgIpc) is 3.15. The quantitative estimate of drug-likeness (QED) is 0.623. The molecule has 3 heterocycles. The Bertz CT molecular complexity index is 1010. The molecule has 22 heavy (non-hydrogen) atoms. The maximum atomic E-state index is 12.3. The number of hydrogen-bond acceptors (Lipinski definition) is 6. The molecule has 4 rings (SSSR count). The van der Waals surface area contributed by atoms with Crippen LogP contribution in [0.2, 0.25) is 0 Å².